The number of carboxylic acids is 1. The van der Waals surface area contributed by atoms with Crippen molar-refractivity contribution < 1.29 is 23.5 Å². The van der Waals surface area contributed by atoms with Crippen molar-refractivity contribution in [3.05, 3.63) is 76.8 Å². The summed E-state index contributed by atoms with van der Waals surface area (Å²) in [4.78, 5) is 30.8. The molecule has 31 heavy (non-hydrogen) atoms. The van der Waals surface area contributed by atoms with Crippen molar-refractivity contribution in [2.45, 2.75) is 19.3 Å². The van der Waals surface area contributed by atoms with Crippen LogP contribution in [-0.4, -0.2) is 34.4 Å². The van der Waals surface area contributed by atoms with Gasteiger partial charge in [-0.3, -0.25) is 4.79 Å². The monoisotopic (exact) mass is 440 g/mol. The number of fused-ring (bicyclic) bond motifs is 1. The molecule has 5 nitrogen and oxygen atoms in total. The van der Waals surface area contributed by atoms with Crippen LogP contribution in [0.25, 0.3) is 16.1 Å². The lowest BCUT2D eigenvalue weighted by Gasteiger charge is -2.22. The summed E-state index contributed by atoms with van der Waals surface area (Å²) < 4.78 is 29.7. The molecule has 0 aliphatic carbocycles. The first-order chi connectivity index (χ1) is 14.8. The predicted molar refractivity (Wildman–Crippen MR) is 116 cm³/mol. The Hall–Kier alpha value is -3.39. The third kappa shape index (κ3) is 3.98. The number of rotatable bonds is 3. The van der Waals surface area contributed by atoms with E-state index in [1.807, 2.05) is 30.3 Å². The average Bonchev–Trinajstić information content (AvgIpc) is 3.10. The van der Waals surface area contributed by atoms with Crippen molar-refractivity contribution in [2.75, 3.05) is 11.4 Å². The molecule has 1 aliphatic heterocycles. The van der Waals surface area contributed by atoms with Crippen LogP contribution in [0.5, 0.6) is 0 Å². The molecule has 1 aliphatic rings. The number of para-hydroxylation sites is 1. The maximum atomic E-state index is 14.8. The SMILES string of the molecule is Cc1nc(-c2ccccc2)sc1C(=O)N1CCC(F)(F)/C(=C\C(=O)O)c2ccccc21. The molecule has 0 unspecified atom stereocenters. The highest BCUT2D eigenvalue weighted by atomic mass is 32.1. The molecule has 0 saturated carbocycles. The van der Waals surface area contributed by atoms with Crippen LogP contribution in [0.1, 0.15) is 27.3 Å². The highest BCUT2D eigenvalue weighted by Crippen LogP contribution is 2.43. The van der Waals surface area contributed by atoms with Gasteiger partial charge in [0.15, 0.2) is 0 Å². The minimum Gasteiger partial charge on any atom is -0.478 e. The van der Waals surface area contributed by atoms with E-state index >= 15 is 0 Å². The lowest BCUT2D eigenvalue weighted by Crippen LogP contribution is -2.33. The van der Waals surface area contributed by atoms with E-state index < -0.39 is 29.8 Å². The van der Waals surface area contributed by atoms with Gasteiger partial charge in [-0.25, -0.2) is 18.6 Å². The number of carbonyl (C=O) groups is 2. The second-order valence-electron chi connectivity index (χ2n) is 7.12. The molecule has 1 aromatic heterocycles. The van der Waals surface area contributed by atoms with E-state index in [1.54, 1.807) is 25.1 Å². The van der Waals surface area contributed by atoms with Gasteiger partial charge in [0, 0.05) is 35.7 Å². The van der Waals surface area contributed by atoms with Gasteiger partial charge in [-0.05, 0) is 13.0 Å². The number of anilines is 1. The summed E-state index contributed by atoms with van der Waals surface area (Å²) >= 11 is 1.21. The number of hydrogen-bond acceptors (Lipinski definition) is 4. The average molecular weight is 440 g/mol. The number of thiazole rings is 1. The van der Waals surface area contributed by atoms with Crippen LogP contribution < -0.4 is 4.90 Å². The molecule has 2 heterocycles. The normalized spacial score (nSPS) is 16.6. The van der Waals surface area contributed by atoms with Gasteiger partial charge >= 0.3 is 5.97 Å². The Morgan fingerprint density at radius 3 is 2.52 bits per heavy atom. The summed E-state index contributed by atoms with van der Waals surface area (Å²) in [5.41, 5.74) is 1.07. The van der Waals surface area contributed by atoms with Gasteiger partial charge in [-0.15, -0.1) is 11.3 Å². The molecule has 1 amide bonds. The number of allylic oxidation sites excluding steroid dienone is 1. The maximum absolute atomic E-state index is 14.8. The molecule has 4 rings (SSSR count). The zero-order valence-corrected chi connectivity index (χ0v) is 17.3. The molecule has 0 saturated heterocycles. The number of amides is 1. The zero-order chi connectivity index (χ0) is 22.2. The molecule has 0 radical (unpaired) electrons. The number of aryl methyl sites for hydroxylation is 1. The van der Waals surface area contributed by atoms with Crippen molar-refractivity contribution in [1.29, 1.82) is 0 Å². The second-order valence-corrected chi connectivity index (χ2v) is 8.12. The molecule has 0 fully saturated rings. The summed E-state index contributed by atoms with van der Waals surface area (Å²) in [7, 11) is 0. The lowest BCUT2D eigenvalue weighted by atomic mass is 9.97. The van der Waals surface area contributed by atoms with Gasteiger partial charge in [0.1, 0.15) is 9.88 Å². The second kappa shape index (κ2) is 8.03. The Balaban J connectivity index is 1.79. The van der Waals surface area contributed by atoms with Crippen LogP contribution in [0.4, 0.5) is 14.5 Å². The van der Waals surface area contributed by atoms with E-state index in [4.69, 9.17) is 5.11 Å². The number of carbonyl (C=O) groups excluding carboxylic acids is 1. The number of hydrogen-bond donors (Lipinski definition) is 1. The largest absolute Gasteiger partial charge is 0.478 e. The Bertz CT molecular complexity index is 1190. The Kier molecular flexibility index (Phi) is 5.41. The summed E-state index contributed by atoms with van der Waals surface area (Å²) in [6.45, 7) is 1.46. The van der Waals surface area contributed by atoms with E-state index in [0.29, 0.717) is 21.7 Å². The Labute approximate surface area is 181 Å². The zero-order valence-electron chi connectivity index (χ0n) is 16.5. The fraction of sp³-hybridized carbons (Fsp3) is 0.174. The topological polar surface area (TPSA) is 70.5 Å². The van der Waals surface area contributed by atoms with Crippen LogP contribution in [-0.2, 0) is 4.79 Å². The number of benzene rings is 2. The van der Waals surface area contributed by atoms with E-state index in [2.05, 4.69) is 4.98 Å². The van der Waals surface area contributed by atoms with Gasteiger partial charge in [-0.1, -0.05) is 48.5 Å². The standard InChI is InChI=1S/C23H18F2N2O3S/c1-14-20(31-21(26-14)15-7-3-2-4-8-15)22(30)27-12-11-23(24,25)17(13-19(28)29)16-9-5-6-10-18(16)27/h2-10,13H,11-12H2,1H3,(H,28,29)/b17-13-. The van der Waals surface area contributed by atoms with Crippen LogP contribution in [0.3, 0.4) is 0 Å². The van der Waals surface area contributed by atoms with Gasteiger partial charge in [0.25, 0.3) is 11.8 Å². The molecule has 2 aromatic carbocycles. The van der Waals surface area contributed by atoms with Gasteiger partial charge < -0.3 is 10.0 Å². The molecule has 158 valence electrons. The molecule has 3 aromatic rings. The number of nitrogens with zero attached hydrogens (tertiary/aromatic N) is 2. The van der Waals surface area contributed by atoms with Crippen molar-refractivity contribution in [3.63, 3.8) is 0 Å². The number of aliphatic carboxylic acids is 1. The Morgan fingerprint density at radius 2 is 1.81 bits per heavy atom. The van der Waals surface area contributed by atoms with E-state index in [1.165, 1.54) is 22.3 Å². The van der Waals surface area contributed by atoms with E-state index in [0.717, 1.165) is 5.56 Å². The molecule has 8 heteroatoms. The Morgan fingerprint density at radius 1 is 1.13 bits per heavy atom. The van der Waals surface area contributed by atoms with Crippen LogP contribution in [0.15, 0.2) is 60.7 Å². The highest BCUT2D eigenvalue weighted by Gasteiger charge is 2.41. The number of halogens is 2. The third-order valence-corrected chi connectivity index (χ3v) is 6.25. The molecule has 0 spiro atoms. The van der Waals surface area contributed by atoms with Crippen LogP contribution in [0, 0.1) is 6.92 Å². The van der Waals surface area contributed by atoms with Gasteiger partial charge in [0.2, 0.25) is 0 Å². The fourth-order valence-corrected chi connectivity index (χ4v) is 4.60. The third-order valence-electron chi connectivity index (χ3n) is 5.05. The molecular formula is C23H18F2N2O3S. The first-order valence-electron chi connectivity index (χ1n) is 9.55. The summed E-state index contributed by atoms with van der Waals surface area (Å²) in [6, 6.07) is 15.5. The highest BCUT2D eigenvalue weighted by molar-refractivity contribution is 7.17. The molecular weight excluding hydrogens is 422 g/mol. The van der Waals surface area contributed by atoms with Crippen molar-refractivity contribution in [3.8, 4) is 10.6 Å². The molecule has 0 bridgehead atoms. The minimum atomic E-state index is -3.39. The lowest BCUT2D eigenvalue weighted by molar-refractivity contribution is -0.131. The quantitative estimate of drug-likeness (QED) is 0.563. The van der Waals surface area contributed by atoms with Crippen LogP contribution in [0.2, 0.25) is 0 Å². The first-order valence-corrected chi connectivity index (χ1v) is 10.4. The van der Waals surface area contributed by atoms with E-state index in [-0.39, 0.29) is 17.8 Å². The van der Waals surface area contributed by atoms with Crippen molar-refractivity contribution in [2.24, 2.45) is 0 Å². The molecule has 0 atom stereocenters. The summed E-state index contributed by atoms with van der Waals surface area (Å²) in [5, 5.41) is 9.79. The van der Waals surface area contributed by atoms with Crippen molar-refractivity contribution in [1.82, 2.24) is 4.98 Å². The number of aromatic nitrogens is 1. The van der Waals surface area contributed by atoms with Crippen LogP contribution >= 0.6 is 11.3 Å². The maximum Gasteiger partial charge on any atom is 0.328 e. The summed E-state index contributed by atoms with van der Waals surface area (Å²) in [6.07, 6.45) is -0.159. The minimum absolute atomic E-state index is 0.0335. The summed E-state index contributed by atoms with van der Waals surface area (Å²) in [5.74, 6) is -5.28. The van der Waals surface area contributed by atoms with Gasteiger partial charge in [-0.2, -0.15) is 0 Å². The fourth-order valence-electron chi connectivity index (χ4n) is 3.58. The number of carboxylic acid groups (broad SMARTS) is 1. The number of alkyl halides is 2. The van der Waals surface area contributed by atoms with Crippen molar-refractivity contribution >= 4 is 34.5 Å². The first kappa shape index (κ1) is 20.9. The van der Waals surface area contributed by atoms with E-state index in [9.17, 15) is 18.4 Å². The van der Waals surface area contributed by atoms with Gasteiger partial charge in [0.05, 0.1) is 11.4 Å². The smallest absolute Gasteiger partial charge is 0.328 e. The molecule has 1 N–H and O–H groups in total. The predicted octanol–water partition coefficient (Wildman–Crippen LogP) is 5.27.